The summed E-state index contributed by atoms with van der Waals surface area (Å²) in [6.45, 7) is 1.86. The second-order valence-electron chi connectivity index (χ2n) is 5.09. The third kappa shape index (κ3) is 5.27. The van der Waals surface area contributed by atoms with Crippen molar-refractivity contribution in [1.82, 2.24) is 0 Å². The summed E-state index contributed by atoms with van der Waals surface area (Å²) in [7, 11) is 0. The molecule has 0 saturated heterocycles. The number of allylic oxidation sites excluding steroid dienone is 1. The number of anilines is 1. The molecule has 0 unspecified atom stereocenters. The predicted octanol–water partition coefficient (Wildman–Crippen LogP) is 4.59. The minimum atomic E-state index is -0.0269. The number of unbranched alkanes of at least 4 members (excludes halogenated alkanes) is 1. The van der Waals surface area contributed by atoms with Gasteiger partial charge in [-0.2, -0.15) is 0 Å². The topological polar surface area (TPSA) is 29.1 Å². The number of aryl methyl sites for hydroxylation is 1. The van der Waals surface area contributed by atoms with Gasteiger partial charge in [-0.05, 0) is 43.9 Å². The number of hydrogen-bond donors (Lipinski definition) is 1. The van der Waals surface area contributed by atoms with Crippen molar-refractivity contribution in [2.24, 2.45) is 0 Å². The van der Waals surface area contributed by atoms with E-state index in [0.29, 0.717) is 0 Å². The fraction of sp³-hybridized carbons (Fsp3) is 0.211. The highest BCUT2D eigenvalue weighted by Crippen LogP contribution is 2.09. The number of carbonyl (C=O) groups is 1. The van der Waals surface area contributed by atoms with Crippen molar-refractivity contribution in [3.8, 4) is 0 Å². The smallest absolute Gasteiger partial charge is 0.250 e. The van der Waals surface area contributed by atoms with Gasteiger partial charge in [0.05, 0.1) is 0 Å². The van der Waals surface area contributed by atoms with Gasteiger partial charge in [0.2, 0.25) is 0 Å². The first-order valence-corrected chi connectivity index (χ1v) is 7.33. The first kappa shape index (κ1) is 15.0. The van der Waals surface area contributed by atoms with E-state index < -0.39 is 0 Å². The molecule has 0 aliphatic heterocycles. The van der Waals surface area contributed by atoms with Crippen LogP contribution in [0.3, 0.4) is 0 Å². The van der Waals surface area contributed by atoms with Crippen LogP contribution in [0, 0.1) is 0 Å². The number of hydrogen-bond acceptors (Lipinski definition) is 1. The van der Waals surface area contributed by atoms with Gasteiger partial charge in [-0.25, -0.2) is 0 Å². The number of amides is 1. The molecule has 21 heavy (non-hydrogen) atoms. The molecule has 2 aromatic carbocycles. The highest BCUT2D eigenvalue weighted by Gasteiger charge is 2.03. The quantitative estimate of drug-likeness (QED) is 0.608. The van der Waals surface area contributed by atoms with Crippen molar-refractivity contribution < 1.29 is 4.79 Å². The van der Waals surface area contributed by atoms with Crippen LogP contribution in [-0.2, 0) is 11.2 Å². The Bertz CT molecular complexity index is 587. The van der Waals surface area contributed by atoms with Crippen LogP contribution in [0.1, 0.15) is 25.3 Å². The zero-order valence-electron chi connectivity index (χ0n) is 12.4. The van der Waals surface area contributed by atoms with E-state index >= 15 is 0 Å². The van der Waals surface area contributed by atoms with Crippen LogP contribution in [0.2, 0.25) is 0 Å². The van der Waals surface area contributed by atoms with Crippen LogP contribution in [0.4, 0.5) is 5.69 Å². The van der Waals surface area contributed by atoms with Crippen LogP contribution in [0.5, 0.6) is 0 Å². The Morgan fingerprint density at radius 2 is 1.62 bits per heavy atom. The summed E-state index contributed by atoms with van der Waals surface area (Å²) in [5, 5.41) is 2.89. The highest BCUT2D eigenvalue weighted by atomic mass is 16.1. The summed E-state index contributed by atoms with van der Waals surface area (Å²) in [6.07, 6.45) is 5.04. The lowest BCUT2D eigenvalue weighted by atomic mass is 10.1. The Balaban J connectivity index is 1.77. The summed E-state index contributed by atoms with van der Waals surface area (Å²) in [6, 6.07) is 20.0. The Morgan fingerprint density at radius 3 is 2.29 bits per heavy atom. The van der Waals surface area contributed by atoms with Crippen molar-refractivity contribution in [1.29, 1.82) is 0 Å². The minimum Gasteiger partial charge on any atom is -0.322 e. The average Bonchev–Trinajstić information content (AvgIpc) is 2.53. The van der Waals surface area contributed by atoms with E-state index in [0.717, 1.165) is 30.5 Å². The molecule has 0 radical (unpaired) electrons. The molecule has 108 valence electrons. The molecule has 1 N–H and O–H groups in total. The first-order valence-electron chi connectivity index (χ1n) is 7.33. The maximum Gasteiger partial charge on any atom is 0.250 e. The Hall–Kier alpha value is -2.35. The number of benzene rings is 2. The summed E-state index contributed by atoms with van der Waals surface area (Å²) < 4.78 is 0. The van der Waals surface area contributed by atoms with E-state index in [1.807, 2.05) is 49.4 Å². The molecule has 0 fully saturated rings. The monoisotopic (exact) mass is 279 g/mol. The summed E-state index contributed by atoms with van der Waals surface area (Å²) >= 11 is 0. The van der Waals surface area contributed by atoms with Crippen LogP contribution in [-0.4, -0.2) is 5.91 Å². The molecular weight excluding hydrogens is 258 g/mol. The van der Waals surface area contributed by atoms with Gasteiger partial charge < -0.3 is 5.32 Å². The van der Waals surface area contributed by atoms with Crippen LogP contribution in [0.15, 0.2) is 72.3 Å². The largest absolute Gasteiger partial charge is 0.322 e. The molecule has 0 saturated carbocycles. The van der Waals surface area contributed by atoms with Crippen molar-refractivity contribution in [3.05, 3.63) is 77.9 Å². The lowest BCUT2D eigenvalue weighted by Gasteiger charge is -2.05. The number of nitrogens with one attached hydrogen (secondary N) is 1. The molecule has 0 heterocycles. The molecular formula is C19H21NO. The molecule has 2 aromatic rings. The van der Waals surface area contributed by atoms with Crippen LogP contribution < -0.4 is 5.32 Å². The van der Waals surface area contributed by atoms with E-state index in [1.165, 1.54) is 5.56 Å². The van der Waals surface area contributed by atoms with E-state index in [-0.39, 0.29) is 5.91 Å². The first-order chi connectivity index (χ1) is 10.3. The Kier molecular flexibility index (Phi) is 5.77. The molecule has 2 heteroatoms. The van der Waals surface area contributed by atoms with Gasteiger partial charge in [0.15, 0.2) is 0 Å². The van der Waals surface area contributed by atoms with Crippen LogP contribution >= 0.6 is 0 Å². The zero-order chi connectivity index (χ0) is 14.9. The van der Waals surface area contributed by atoms with Crippen molar-refractivity contribution in [2.45, 2.75) is 26.2 Å². The lowest BCUT2D eigenvalue weighted by molar-refractivity contribution is -0.112. The maximum absolute atomic E-state index is 12.0. The van der Waals surface area contributed by atoms with Crippen molar-refractivity contribution >= 4 is 11.6 Å². The fourth-order valence-corrected chi connectivity index (χ4v) is 2.11. The molecule has 0 aliphatic rings. The van der Waals surface area contributed by atoms with E-state index in [1.54, 1.807) is 0 Å². The van der Waals surface area contributed by atoms with E-state index in [9.17, 15) is 4.79 Å². The second kappa shape index (κ2) is 8.05. The van der Waals surface area contributed by atoms with Gasteiger partial charge in [0.25, 0.3) is 5.91 Å². The summed E-state index contributed by atoms with van der Waals surface area (Å²) in [5.74, 6) is -0.0269. The Morgan fingerprint density at radius 1 is 1.00 bits per heavy atom. The molecule has 1 amide bonds. The standard InChI is InChI=1S/C19H21NO/c1-16(19(21)20-18-14-6-3-7-15-18)10-8-9-13-17-11-4-2-5-12-17/h2-7,10-12,14-15H,8-9,13H2,1H3,(H,20,21)/b16-10+. The molecule has 2 rings (SSSR count). The fourth-order valence-electron chi connectivity index (χ4n) is 2.11. The SMILES string of the molecule is C/C(=C\CCCc1ccccc1)C(=O)Nc1ccccc1. The zero-order valence-corrected chi connectivity index (χ0v) is 12.4. The molecule has 0 aliphatic carbocycles. The molecule has 0 atom stereocenters. The lowest BCUT2D eigenvalue weighted by Crippen LogP contribution is -2.12. The summed E-state index contributed by atoms with van der Waals surface area (Å²) in [5.41, 5.74) is 2.95. The van der Waals surface area contributed by atoms with E-state index in [2.05, 4.69) is 29.6 Å². The number of rotatable bonds is 6. The third-order valence-corrected chi connectivity index (χ3v) is 3.35. The molecule has 0 spiro atoms. The highest BCUT2D eigenvalue weighted by molar-refractivity contribution is 6.03. The predicted molar refractivity (Wildman–Crippen MR) is 88.2 cm³/mol. The van der Waals surface area contributed by atoms with Crippen molar-refractivity contribution in [3.63, 3.8) is 0 Å². The van der Waals surface area contributed by atoms with Gasteiger partial charge in [0, 0.05) is 11.3 Å². The maximum atomic E-state index is 12.0. The van der Waals surface area contributed by atoms with Gasteiger partial charge in [-0.15, -0.1) is 0 Å². The third-order valence-electron chi connectivity index (χ3n) is 3.35. The summed E-state index contributed by atoms with van der Waals surface area (Å²) in [4.78, 5) is 12.0. The Labute approximate surface area is 126 Å². The number of carbonyl (C=O) groups excluding carboxylic acids is 1. The van der Waals surface area contributed by atoms with E-state index in [4.69, 9.17) is 0 Å². The molecule has 2 nitrogen and oxygen atoms in total. The van der Waals surface area contributed by atoms with Gasteiger partial charge in [-0.1, -0.05) is 54.6 Å². The van der Waals surface area contributed by atoms with Gasteiger partial charge in [-0.3, -0.25) is 4.79 Å². The average molecular weight is 279 g/mol. The molecule has 0 aromatic heterocycles. The van der Waals surface area contributed by atoms with Crippen molar-refractivity contribution in [2.75, 3.05) is 5.32 Å². The van der Waals surface area contributed by atoms with Crippen LogP contribution in [0.25, 0.3) is 0 Å². The minimum absolute atomic E-state index is 0.0269. The van der Waals surface area contributed by atoms with Gasteiger partial charge in [0.1, 0.15) is 0 Å². The van der Waals surface area contributed by atoms with Gasteiger partial charge >= 0.3 is 0 Å². The number of para-hydroxylation sites is 1. The normalized spacial score (nSPS) is 11.2. The second-order valence-corrected chi connectivity index (χ2v) is 5.09. The molecule has 0 bridgehead atoms.